The fraction of sp³-hybridized carbons (Fsp3) is 0.571. The summed E-state index contributed by atoms with van der Waals surface area (Å²) in [7, 11) is 2.20. The van der Waals surface area contributed by atoms with E-state index < -0.39 is 0 Å². The summed E-state index contributed by atoms with van der Waals surface area (Å²) in [5.74, 6) is 0. The van der Waals surface area contributed by atoms with Gasteiger partial charge in [-0.3, -0.25) is 0 Å². The Morgan fingerprint density at radius 3 is 2.89 bits per heavy atom. The highest BCUT2D eigenvalue weighted by Crippen LogP contribution is 2.30. The van der Waals surface area contributed by atoms with E-state index in [1.807, 2.05) is 12.1 Å². The maximum absolute atomic E-state index is 6.15. The Balaban J connectivity index is 2.31. The molecule has 0 radical (unpaired) electrons. The zero-order valence-electron chi connectivity index (χ0n) is 11.2. The van der Waals surface area contributed by atoms with Gasteiger partial charge in [0.15, 0.2) is 0 Å². The summed E-state index contributed by atoms with van der Waals surface area (Å²) in [6.45, 7) is 5.62. The predicted octanol–water partition coefficient (Wildman–Crippen LogP) is 2.95. The van der Waals surface area contributed by atoms with Gasteiger partial charge in [0.05, 0.1) is 11.4 Å². The first-order chi connectivity index (χ1) is 8.61. The van der Waals surface area contributed by atoms with E-state index in [0.717, 1.165) is 29.7 Å². The van der Waals surface area contributed by atoms with E-state index in [-0.39, 0.29) is 0 Å². The molecule has 4 heteroatoms. The van der Waals surface area contributed by atoms with E-state index in [4.69, 9.17) is 5.73 Å². The van der Waals surface area contributed by atoms with Gasteiger partial charge in [-0.15, -0.1) is 0 Å². The van der Waals surface area contributed by atoms with Crippen molar-refractivity contribution in [3.05, 3.63) is 22.7 Å². The monoisotopic (exact) mass is 311 g/mol. The third kappa shape index (κ3) is 2.98. The summed E-state index contributed by atoms with van der Waals surface area (Å²) in [5, 5.41) is 0. The number of rotatable bonds is 2. The van der Waals surface area contributed by atoms with Gasteiger partial charge in [-0.05, 0) is 44.6 Å². The lowest BCUT2D eigenvalue weighted by atomic mass is 10.1. The fourth-order valence-electron chi connectivity index (χ4n) is 2.68. The Labute approximate surface area is 118 Å². The number of nitrogens with two attached hydrogens (primary N) is 1. The Morgan fingerprint density at radius 1 is 1.39 bits per heavy atom. The molecule has 2 rings (SSSR count). The molecule has 1 saturated heterocycles. The maximum atomic E-state index is 6.15. The minimum Gasteiger partial charge on any atom is -0.397 e. The molecule has 1 heterocycles. The quantitative estimate of drug-likeness (QED) is 0.852. The van der Waals surface area contributed by atoms with Crippen LogP contribution in [0.5, 0.6) is 0 Å². The van der Waals surface area contributed by atoms with Crippen LogP contribution in [0.1, 0.15) is 19.8 Å². The Morgan fingerprint density at radius 2 is 2.17 bits per heavy atom. The molecule has 3 nitrogen and oxygen atoms in total. The average Bonchev–Trinajstić information content (AvgIpc) is 2.53. The Bertz CT molecular complexity index is 408. The van der Waals surface area contributed by atoms with Crippen LogP contribution in [0, 0.1) is 0 Å². The smallest absolute Gasteiger partial charge is 0.0614 e. The second-order valence-electron chi connectivity index (χ2n) is 5.07. The molecule has 2 N–H and O–H groups in total. The van der Waals surface area contributed by atoms with Crippen LogP contribution in [0.3, 0.4) is 0 Å². The highest BCUT2D eigenvalue weighted by Gasteiger charge is 2.23. The second-order valence-corrected chi connectivity index (χ2v) is 5.99. The van der Waals surface area contributed by atoms with Crippen molar-refractivity contribution >= 4 is 27.3 Å². The lowest BCUT2D eigenvalue weighted by Gasteiger charge is -2.33. The van der Waals surface area contributed by atoms with Gasteiger partial charge in [0, 0.05) is 23.6 Å². The molecule has 0 bridgehead atoms. The van der Waals surface area contributed by atoms with Crippen LogP contribution >= 0.6 is 15.9 Å². The first kappa shape index (κ1) is 13.7. The van der Waals surface area contributed by atoms with Crippen LogP contribution in [0.2, 0.25) is 0 Å². The molecule has 1 aromatic carbocycles. The fourth-order valence-corrected chi connectivity index (χ4v) is 3.02. The Kier molecular flexibility index (Phi) is 4.51. The van der Waals surface area contributed by atoms with E-state index in [0.29, 0.717) is 6.04 Å². The topological polar surface area (TPSA) is 32.5 Å². The summed E-state index contributed by atoms with van der Waals surface area (Å²) >= 11 is 3.54. The molecule has 1 aliphatic heterocycles. The molecule has 0 amide bonds. The zero-order valence-corrected chi connectivity index (χ0v) is 12.8. The molecule has 0 spiro atoms. The number of anilines is 2. The van der Waals surface area contributed by atoms with Crippen LogP contribution < -0.4 is 10.6 Å². The molecule has 1 atom stereocenters. The van der Waals surface area contributed by atoms with Crippen molar-refractivity contribution < 1.29 is 0 Å². The third-order valence-corrected chi connectivity index (χ3v) is 4.17. The largest absolute Gasteiger partial charge is 0.397 e. The van der Waals surface area contributed by atoms with E-state index in [1.54, 1.807) is 0 Å². The van der Waals surface area contributed by atoms with Gasteiger partial charge in [-0.25, -0.2) is 0 Å². The number of likely N-dealkylation sites (N-methyl/N-ethyl adjacent to an activating group) is 1. The number of halogens is 1. The van der Waals surface area contributed by atoms with Crippen molar-refractivity contribution in [2.45, 2.75) is 25.8 Å². The van der Waals surface area contributed by atoms with Gasteiger partial charge >= 0.3 is 0 Å². The number of hydrogen-bond donors (Lipinski definition) is 1. The molecular weight excluding hydrogens is 290 g/mol. The molecule has 100 valence electrons. The molecule has 1 aromatic rings. The van der Waals surface area contributed by atoms with Gasteiger partial charge in [-0.1, -0.05) is 22.9 Å². The van der Waals surface area contributed by atoms with Crippen molar-refractivity contribution in [3.63, 3.8) is 0 Å². The van der Waals surface area contributed by atoms with Crippen LogP contribution in [-0.2, 0) is 0 Å². The minimum atomic E-state index is 0.550. The van der Waals surface area contributed by atoms with Crippen molar-refractivity contribution in [1.29, 1.82) is 0 Å². The van der Waals surface area contributed by atoms with Crippen LogP contribution in [0.4, 0.5) is 11.4 Å². The summed E-state index contributed by atoms with van der Waals surface area (Å²) in [5.41, 5.74) is 8.20. The summed E-state index contributed by atoms with van der Waals surface area (Å²) in [6.07, 6.45) is 2.34. The second kappa shape index (κ2) is 5.93. The molecule has 1 unspecified atom stereocenters. The number of nitrogen functional groups attached to an aromatic ring is 1. The summed E-state index contributed by atoms with van der Waals surface area (Å²) in [4.78, 5) is 4.89. The van der Waals surface area contributed by atoms with Crippen LogP contribution in [-0.4, -0.2) is 37.6 Å². The zero-order chi connectivity index (χ0) is 13.1. The molecule has 0 aliphatic carbocycles. The standard InChI is InChI=1S/C14H22BrN3/c1-3-12-10-17(2)7-4-8-18(12)14-9-11(15)5-6-13(14)16/h5-6,9,12H,3-4,7-8,10,16H2,1-2H3. The van der Waals surface area contributed by atoms with Crippen molar-refractivity contribution in [2.75, 3.05) is 37.3 Å². The lowest BCUT2D eigenvalue weighted by Crippen LogP contribution is -2.40. The number of nitrogens with zero attached hydrogens (tertiary/aromatic N) is 2. The van der Waals surface area contributed by atoms with E-state index >= 15 is 0 Å². The number of hydrogen-bond acceptors (Lipinski definition) is 3. The van der Waals surface area contributed by atoms with Gasteiger partial charge < -0.3 is 15.5 Å². The van der Waals surface area contributed by atoms with E-state index in [1.165, 1.54) is 18.7 Å². The highest BCUT2D eigenvalue weighted by atomic mass is 79.9. The molecule has 0 aromatic heterocycles. The van der Waals surface area contributed by atoms with Crippen molar-refractivity contribution in [3.8, 4) is 0 Å². The Hall–Kier alpha value is -0.740. The highest BCUT2D eigenvalue weighted by molar-refractivity contribution is 9.10. The molecule has 18 heavy (non-hydrogen) atoms. The van der Waals surface area contributed by atoms with Crippen molar-refractivity contribution in [1.82, 2.24) is 4.90 Å². The molecular formula is C14H22BrN3. The average molecular weight is 312 g/mol. The first-order valence-electron chi connectivity index (χ1n) is 6.62. The van der Waals surface area contributed by atoms with Crippen LogP contribution in [0.25, 0.3) is 0 Å². The maximum Gasteiger partial charge on any atom is 0.0614 e. The van der Waals surface area contributed by atoms with Gasteiger partial charge in [0.1, 0.15) is 0 Å². The lowest BCUT2D eigenvalue weighted by molar-refractivity contribution is 0.328. The van der Waals surface area contributed by atoms with Gasteiger partial charge in [0.25, 0.3) is 0 Å². The third-order valence-electron chi connectivity index (χ3n) is 3.68. The molecule has 1 fully saturated rings. The number of benzene rings is 1. The van der Waals surface area contributed by atoms with Crippen molar-refractivity contribution in [2.24, 2.45) is 0 Å². The van der Waals surface area contributed by atoms with Gasteiger partial charge in [0.2, 0.25) is 0 Å². The van der Waals surface area contributed by atoms with E-state index in [2.05, 4.69) is 45.8 Å². The summed E-state index contributed by atoms with van der Waals surface area (Å²) < 4.78 is 1.10. The first-order valence-corrected chi connectivity index (χ1v) is 7.41. The van der Waals surface area contributed by atoms with Gasteiger partial charge in [-0.2, -0.15) is 0 Å². The molecule has 0 saturated carbocycles. The van der Waals surface area contributed by atoms with Crippen LogP contribution in [0.15, 0.2) is 22.7 Å². The normalized spacial score (nSPS) is 21.9. The molecule has 1 aliphatic rings. The summed E-state index contributed by atoms with van der Waals surface area (Å²) in [6, 6.07) is 6.68. The predicted molar refractivity (Wildman–Crippen MR) is 82.1 cm³/mol. The minimum absolute atomic E-state index is 0.550. The van der Waals surface area contributed by atoms with E-state index in [9.17, 15) is 0 Å². The SMILES string of the molecule is CCC1CN(C)CCCN1c1cc(Br)ccc1N.